The van der Waals surface area contributed by atoms with E-state index in [1.54, 1.807) is 22.7 Å². The second-order valence-corrected chi connectivity index (χ2v) is 5.05. The minimum absolute atomic E-state index is 0.0826. The summed E-state index contributed by atoms with van der Waals surface area (Å²) in [6, 6.07) is 0. The van der Waals surface area contributed by atoms with Crippen molar-refractivity contribution in [3.05, 3.63) is 25.9 Å². The van der Waals surface area contributed by atoms with E-state index in [1.807, 2.05) is 6.92 Å². The first-order valence-corrected chi connectivity index (χ1v) is 6.84. The predicted molar refractivity (Wildman–Crippen MR) is 69.0 cm³/mol. The fourth-order valence-corrected chi connectivity index (χ4v) is 1.95. The number of hydrogen-bond acceptors (Lipinski definition) is 3. The van der Waals surface area contributed by atoms with Gasteiger partial charge in [0.2, 0.25) is 0 Å². The van der Waals surface area contributed by atoms with Gasteiger partial charge in [0.25, 0.3) is 5.56 Å². The Hall–Kier alpha value is -0.0400. The molecule has 0 fully saturated rings. The highest BCUT2D eigenvalue weighted by Gasteiger charge is 2.04. The lowest BCUT2D eigenvalue weighted by Gasteiger charge is -2.05. The Balaban J connectivity index is 2.79. The van der Waals surface area contributed by atoms with Crippen LogP contribution in [0.3, 0.4) is 0 Å². The van der Waals surface area contributed by atoms with E-state index in [1.165, 1.54) is 0 Å². The zero-order valence-electron chi connectivity index (χ0n) is 8.29. The van der Waals surface area contributed by atoms with Crippen LogP contribution in [-0.4, -0.2) is 21.6 Å². The molecule has 1 heterocycles. The Bertz CT molecular complexity index is 364. The maximum absolute atomic E-state index is 11.7. The maximum atomic E-state index is 11.7. The van der Waals surface area contributed by atoms with E-state index in [-0.39, 0.29) is 5.56 Å². The van der Waals surface area contributed by atoms with Gasteiger partial charge in [-0.2, -0.15) is 11.8 Å². The van der Waals surface area contributed by atoms with Gasteiger partial charge in [-0.3, -0.25) is 9.36 Å². The van der Waals surface area contributed by atoms with Gasteiger partial charge in [0.15, 0.2) is 0 Å². The van der Waals surface area contributed by atoms with Crippen LogP contribution in [0.2, 0.25) is 0 Å². The topological polar surface area (TPSA) is 34.9 Å². The van der Waals surface area contributed by atoms with E-state index >= 15 is 0 Å². The number of thioether (sulfide) groups is 1. The van der Waals surface area contributed by atoms with Crippen molar-refractivity contribution in [1.82, 2.24) is 9.55 Å². The number of nitrogens with zero attached hydrogens (tertiary/aromatic N) is 2. The molecule has 0 unspecified atom stereocenters. The van der Waals surface area contributed by atoms with Crippen LogP contribution in [0.1, 0.15) is 12.1 Å². The van der Waals surface area contributed by atoms with E-state index in [9.17, 15) is 4.79 Å². The van der Waals surface area contributed by atoms with Gasteiger partial charge in [0.1, 0.15) is 0 Å². The average molecular weight is 324 g/mol. The van der Waals surface area contributed by atoms with Crippen molar-refractivity contribution in [1.29, 1.82) is 0 Å². The summed E-state index contributed by atoms with van der Waals surface area (Å²) < 4.78 is 2.42. The normalized spacial score (nSPS) is 10.5. The average Bonchev–Trinajstić information content (AvgIpc) is 2.18. The minimum Gasteiger partial charge on any atom is -0.298 e. The van der Waals surface area contributed by atoms with Crippen molar-refractivity contribution in [2.24, 2.45) is 0 Å². The molecule has 0 saturated heterocycles. The van der Waals surface area contributed by atoms with Crippen molar-refractivity contribution in [2.75, 3.05) is 12.0 Å². The van der Waals surface area contributed by atoms with Crippen molar-refractivity contribution < 1.29 is 0 Å². The van der Waals surface area contributed by atoms with Crippen molar-refractivity contribution in [2.45, 2.75) is 19.9 Å². The molecule has 78 valence electrons. The van der Waals surface area contributed by atoms with Gasteiger partial charge < -0.3 is 0 Å². The standard InChI is InChI=1S/C9H13IN2OS/c1-7-8(10)9(13)12(6-11-7)4-3-5-14-2/h6H,3-5H2,1-2H3. The lowest BCUT2D eigenvalue weighted by atomic mass is 10.4. The molecule has 5 heteroatoms. The lowest BCUT2D eigenvalue weighted by Crippen LogP contribution is -2.24. The third-order valence-electron chi connectivity index (χ3n) is 1.90. The zero-order valence-corrected chi connectivity index (χ0v) is 11.3. The van der Waals surface area contributed by atoms with E-state index in [0.717, 1.165) is 28.0 Å². The van der Waals surface area contributed by atoms with E-state index < -0.39 is 0 Å². The molecule has 3 nitrogen and oxygen atoms in total. The van der Waals surface area contributed by atoms with Gasteiger partial charge in [-0.25, -0.2) is 4.98 Å². The highest BCUT2D eigenvalue weighted by atomic mass is 127. The summed E-state index contributed by atoms with van der Waals surface area (Å²) in [4.78, 5) is 15.9. The predicted octanol–water partition coefficient (Wildman–Crippen LogP) is 1.91. The van der Waals surface area contributed by atoms with Crippen LogP contribution >= 0.6 is 34.4 Å². The number of halogens is 1. The van der Waals surface area contributed by atoms with Crippen LogP contribution in [0.25, 0.3) is 0 Å². The molecular formula is C9H13IN2OS. The Morgan fingerprint density at radius 3 is 3.00 bits per heavy atom. The SMILES string of the molecule is CSCCCn1cnc(C)c(I)c1=O. The van der Waals surface area contributed by atoms with Gasteiger partial charge in [-0.1, -0.05) is 0 Å². The number of aryl methyl sites for hydroxylation is 2. The van der Waals surface area contributed by atoms with Crippen LogP contribution in [-0.2, 0) is 6.54 Å². The molecular weight excluding hydrogens is 311 g/mol. The van der Waals surface area contributed by atoms with Crippen LogP contribution < -0.4 is 5.56 Å². The first-order chi connectivity index (χ1) is 6.66. The van der Waals surface area contributed by atoms with E-state index in [4.69, 9.17) is 0 Å². The van der Waals surface area contributed by atoms with Gasteiger partial charge >= 0.3 is 0 Å². The fraction of sp³-hybridized carbons (Fsp3) is 0.556. The van der Waals surface area contributed by atoms with Crippen molar-refractivity contribution in [3.63, 3.8) is 0 Å². The Morgan fingerprint density at radius 2 is 2.36 bits per heavy atom. The Labute approximate surface area is 101 Å². The van der Waals surface area contributed by atoms with Crippen molar-refractivity contribution >= 4 is 34.4 Å². The number of aromatic nitrogens is 2. The van der Waals surface area contributed by atoms with E-state index in [2.05, 4.69) is 33.8 Å². The largest absolute Gasteiger partial charge is 0.298 e. The summed E-state index contributed by atoms with van der Waals surface area (Å²) in [6.45, 7) is 2.62. The fourth-order valence-electron chi connectivity index (χ4n) is 1.08. The van der Waals surface area contributed by atoms with Gasteiger partial charge in [-0.15, -0.1) is 0 Å². The smallest absolute Gasteiger partial charge is 0.266 e. The number of hydrogen-bond donors (Lipinski definition) is 0. The molecule has 0 N–H and O–H groups in total. The summed E-state index contributed by atoms with van der Waals surface area (Å²) in [7, 11) is 0. The zero-order chi connectivity index (χ0) is 10.6. The minimum atomic E-state index is 0.0826. The Kier molecular flexibility index (Phi) is 4.94. The highest BCUT2D eigenvalue weighted by Crippen LogP contribution is 2.02. The number of rotatable bonds is 4. The van der Waals surface area contributed by atoms with E-state index in [0.29, 0.717) is 0 Å². The third-order valence-corrected chi connectivity index (χ3v) is 3.84. The summed E-state index contributed by atoms with van der Waals surface area (Å²) >= 11 is 3.85. The second-order valence-electron chi connectivity index (χ2n) is 2.99. The maximum Gasteiger partial charge on any atom is 0.266 e. The molecule has 0 bridgehead atoms. The highest BCUT2D eigenvalue weighted by molar-refractivity contribution is 14.1. The van der Waals surface area contributed by atoms with Gasteiger partial charge in [0.05, 0.1) is 15.6 Å². The molecule has 0 saturated carbocycles. The first kappa shape index (κ1) is 12.0. The molecule has 0 aliphatic carbocycles. The molecule has 14 heavy (non-hydrogen) atoms. The van der Waals surface area contributed by atoms with Crippen LogP contribution in [0.5, 0.6) is 0 Å². The van der Waals surface area contributed by atoms with Gasteiger partial charge in [0, 0.05) is 6.54 Å². The first-order valence-electron chi connectivity index (χ1n) is 4.37. The summed E-state index contributed by atoms with van der Waals surface area (Å²) in [5.74, 6) is 1.08. The third kappa shape index (κ3) is 2.98. The molecule has 0 aliphatic rings. The molecule has 0 amide bonds. The van der Waals surface area contributed by atoms with Crippen LogP contribution in [0.4, 0.5) is 0 Å². The summed E-state index contributed by atoms with van der Waals surface area (Å²) in [5.41, 5.74) is 0.899. The molecule has 1 aromatic heterocycles. The quantitative estimate of drug-likeness (QED) is 0.627. The summed E-state index contributed by atoms with van der Waals surface area (Å²) in [5, 5.41) is 0. The second kappa shape index (κ2) is 5.75. The monoisotopic (exact) mass is 324 g/mol. The molecule has 1 aromatic rings. The van der Waals surface area contributed by atoms with Gasteiger partial charge in [-0.05, 0) is 47.9 Å². The summed E-state index contributed by atoms with van der Waals surface area (Å²) in [6.07, 6.45) is 4.72. The Morgan fingerprint density at radius 1 is 1.64 bits per heavy atom. The molecule has 0 radical (unpaired) electrons. The van der Waals surface area contributed by atoms with Crippen molar-refractivity contribution in [3.8, 4) is 0 Å². The van der Waals surface area contributed by atoms with Crippen LogP contribution in [0, 0.1) is 10.5 Å². The van der Waals surface area contributed by atoms with Crippen LogP contribution in [0.15, 0.2) is 11.1 Å². The molecule has 1 rings (SSSR count). The molecule has 0 aromatic carbocycles. The lowest BCUT2D eigenvalue weighted by molar-refractivity contribution is 0.638. The molecule has 0 atom stereocenters. The molecule has 0 aliphatic heterocycles. The molecule has 0 spiro atoms.